The first-order valence-electron chi connectivity index (χ1n) is 9.76. The maximum atomic E-state index is 13.0. The summed E-state index contributed by atoms with van der Waals surface area (Å²) in [5.74, 6) is 0.370. The maximum absolute atomic E-state index is 13.0. The van der Waals surface area contributed by atoms with Gasteiger partial charge in [0, 0.05) is 68.1 Å². The van der Waals surface area contributed by atoms with E-state index in [1.807, 2.05) is 24.4 Å². The van der Waals surface area contributed by atoms with Crippen molar-refractivity contribution in [2.75, 3.05) is 39.8 Å². The van der Waals surface area contributed by atoms with E-state index in [9.17, 15) is 9.59 Å². The Morgan fingerprint density at radius 2 is 2.00 bits per heavy atom. The van der Waals surface area contributed by atoms with Gasteiger partial charge in [0.2, 0.25) is 5.43 Å². The second-order valence-corrected chi connectivity index (χ2v) is 7.15. The number of piperazine rings is 1. The summed E-state index contributed by atoms with van der Waals surface area (Å²) in [6.07, 6.45) is 4.22. The molecule has 0 radical (unpaired) electrons. The monoisotopic (exact) mass is 392 g/mol. The van der Waals surface area contributed by atoms with Crippen LogP contribution in [0.25, 0.3) is 10.9 Å². The average Bonchev–Trinajstić information content (AvgIpc) is 2.78. The number of rotatable bonds is 5. The Kier molecular flexibility index (Phi) is 5.57. The molecule has 7 nitrogen and oxygen atoms in total. The number of hydrogen-bond acceptors (Lipinski definition) is 5. The number of amides is 1. The number of carbonyl (C=O) groups is 1. The molecule has 0 aliphatic carbocycles. The lowest BCUT2D eigenvalue weighted by Crippen LogP contribution is -2.49. The van der Waals surface area contributed by atoms with Crippen LogP contribution in [0.15, 0.2) is 53.6 Å². The predicted octanol–water partition coefficient (Wildman–Crippen LogP) is 1.93. The summed E-state index contributed by atoms with van der Waals surface area (Å²) in [6, 6.07) is 11.2. The van der Waals surface area contributed by atoms with E-state index in [0.29, 0.717) is 29.7 Å². The van der Waals surface area contributed by atoms with Crippen LogP contribution in [0.1, 0.15) is 16.1 Å². The minimum absolute atomic E-state index is 0.174. The zero-order chi connectivity index (χ0) is 20.2. The van der Waals surface area contributed by atoms with Gasteiger partial charge in [-0.25, -0.2) is 0 Å². The summed E-state index contributed by atoms with van der Waals surface area (Å²) in [6.45, 7) is 3.71. The van der Waals surface area contributed by atoms with Gasteiger partial charge in [0.05, 0.1) is 7.11 Å². The Labute approximate surface area is 168 Å². The molecule has 1 amide bonds. The molecule has 1 aromatic carbocycles. The molecule has 3 aromatic rings. The van der Waals surface area contributed by atoms with E-state index in [1.54, 1.807) is 30.2 Å². The van der Waals surface area contributed by atoms with E-state index in [-0.39, 0.29) is 16.9 Å². The van der Waals surface area contributed by atoms with Crippen LogP contribution in [0.4, 0.5) is 0 Å². The number of carbonyl (C=O) groups excluding carboxylic acids is 1. The molecule has 1 N–H and O–H groups in total. The summed E-state index contributed by atoms with van der Waals surface area (Å²) in [5, 5.41) is 0.462. The van der Waals surface area contributed by atoms with Crippen LogP contribution >= 0.6 is 0 Å². The van der Waals surface area contributed by atoms with Gasteiger partial charge in [-0.05, 0) is 30.3 Å². The van der Waals surface area contributed by atoms with Crippen molar-refractivity contribution in [2.45, 2.75) is 6.42 Å². The molecule has 7 heteroatoms. The van der Waals surface area contributed by atoms with Crippen LogP contribution in [0.2, 0.25) is 0 Å². The molecule has 0 spiro atoms. The molecule has 4 rings (SSSR count). The number of fused-ring (bicyclic) bond motifs is 1. The molecular formula is C22H24N4O3. The van der Waals surface area contributed by atoms with Crippen LogP contribution in [0.5, 0.6) is 5.75 Å². The van der Waals surface area contributed by atoms with Crippen molar-refractivity contribution in [3.8, 4) is 5.75 Å². The molecule has 0 atom stereocenters. The van der Waals surface area contributed by atoms with Gasteiger partial charge < -0.3 is 14.6 Å². The Bertz CT molecular complexity index is 1060. The van der Waals surface area contributed by atoms with Crippen molar-refractivity contribution >= 4 is 16.8 Å². The number of aromatic nitrogens is 2. The quantitative estimate of drug-likeness (QED) is 0.718. The van der Waals surface area contributed by atoms with Gasteiger partial charge in [-0.15, -0.1) is 0 Å². The summed E-state index contributed by atoms with van der Waals surface area (Å²) in [5.41, 5.74) is 1.67. The molecule has 0 unspecified atom stereocenters. The fourth-order valence-electron chi connectivity index (χ4n) is 3.65. The van der Waals surface area contributed by atoms with Crippen LogP contribution < -0.4 is 10.2 Å². The van der Waals surface area contributed by atoms with E-state index in [2.05, 4.69) is 14.9 Å². The summed E-state index contributed by atoms with van der Waals surface area (Å²) in [4.78, 5) is 37.3. The molecule has 3 heterocycles. The van der Waals surface area contributed by atoms with Crippen LogP contribution in [0.3, 0.4) is 0 Å². The maximum Gasteiger partial charge on any atom is 0.259 e. The molecule has 1 aliphatic heterocycles. The van der Waals surface area contributed by atoms with Crippen molar-refractivity contribution in [3.05, 3.63) is 70.3 Å². The van der Waals surface area contributed by atoms with Gasteiger partial charge >= 0.3 is 0 Å². The van der Waals surface area contributed by atoms with Crippen LogP contribution in [-0.4, -0.2) is 65.5 Å². The Morgan fingerprint density at radius 3 is 2.72 bits per heavy atom. The number of nitrogens with one attached hydrogen (secondary N) is 1. The zero-order valence-electron chi connectivity index (χ0n) is 16.4. The number of methoxy groups -OCH3 is 1. The fraction of sp³-hybridized carbons (Fsp3) is 0.318. The average molecular weight is 392 g/mol. The Balaban J connectivity index is 1.42. The molecule has 2 aromatic heterocycles. The smallest absolute Gasteiger partial charge is 0.259 e. The number of hydrogen-bond donors (Lipinski definition) is 1. The van der Waals surface area contributed by atoms with Gasteiger partial charge in [0.25, 0.3) is 5.91 Å². The van der Waals surface area contributed by atoms with E-state index in [1.165, 1.54) is 6.20 Å². The molecule has 1 aliphatic rings. The Hall–Kier alpha value is -3.19. The highest BCUT2D eigenvalue weighted by molar-refractivity contribution is 5.97. The normalized spacial score (nSPS) is 14.9. The molecular weight excluding hydrogens is 368 g/mol. The second-order valence-electron chi connectivity index (χ2n) is 7.15. The highest BCUT2D eigenvalue weighted by atomic mass is 16.5. The number of nitrogens with zero attached hydrogens (tertiary/aromatic N) is 3. The number of ether oxygens (including phenoxy) is 1. The molecule has 150 valence electrons. The molecule has 29 heavy (non-hydrogen) atoms. The van der Waals surface area contributed by atoms with E-state index in [4.69, 9.17) is 4.74 Å². The molecule has 1 fully saturated rings. The summed E-state index contributed by atoms with van der Waals surface area (Å²) >= 11 is 0. The first kappa shape index (κ1) is 19.1. The number of aromatic amines is 1. The fourth-order valence-corrected chi connectivity index (χ4v) is 3.65. The summed E-state index contributed by atoms with van der Waals surface area (Å²) in [7, 11) is 1.55. The lowest BCUT2D eigenvalue weighted by molar-refractivity contribution is 0.0637. The van der Waals surface area contributed by atoms with E-state index < -0.39 is 0 Å². The number of benzene rings is 1. The van der Waals surface area contributed by atoms with E-state index >= 15 is 0 Å². The minimum Gasteiger partial charge on any atom is -0.497 e. The van der Waals surface area contributed by atoms with Crippen molar-refractivity contribution < 1.29 is 9.53 Å². The first-order valence-corrected chi connectivity index (χ1v) is 9.76. The highest BCUT2D eigenvalue weighted by Gasteiger charge is 2.24. The van der Waals surface area contributed by atoms with Crippen molar-refractivity contribution in [1.29, 1.82) is 0 Å². The van der Waals surface area contributed by atoms with Crippen LogP contribution in [-0.2, 0) is 6.42 Å². The SMILES string of the molecule is COc1ccc2[nH]cc(C(=O)N3CCN(CCc4ccccn4)CC3)c(=O)c2c1. The number of pyridine rings is 2. The molecule has 1 saturated heterocycles. The van der Waals surface area contributed by atoms with Crippen LogP contribution in [0, 0.1) is 0 Å². The third-order valence-corrected chi connectivity index (χ3v) is 5.39. The lowest BCUT2D eigenvalue weighted by Gasteiger charge is -2.34. The first-order chi connectivity index (χ1) is 14.2. The Morgan fingerprint density at radius 1 is 1.17 bits per heavy atom. The standard InChI is InChI=1S/C22H24N4O3/c1-29-17-5-6-20-18(14-17)21(27)19(15-24-20)22(28)26-12-10-25(11-13-26)9-7-16-4-2-3-8-23-16/h2-6,8,14-15H,7,9-13H2,1H3,(H,24,27). The third-order valence-electron chi connectivity index (χ3n) is 5.39. The van der Waals surface area contributed by atoms with Gasteiger partial charge in [-0.1, -0.05) is 6.07 Å². The van der Waals surface area contributed by atoms with Gasteiger partial charge in [0.15, 0.2) is 0 Å². The van der Waals surface area contributed by atoms with Crippen molar-refractivity contribution in [2.24, 2.45) is 0 Å². The topological polar surface area (TPSA) is 78.5 Å². The highest BCUT2D eigenvalue weighted by Crippen LogP contribution is 2.17. The molecule has 0 saturated carbocycles. The predicted molar refractivity (Wildman–Crippen MR) is 111 cm³/mol. The van der Waals surface area contributed by atoms with Gasteiger partial charge in [-0.2, -0.15) is 0 Å². The van der Waals surface area contributed by atoms with Gasteiger partial charge in [0.1, 0.15) is 11.3 Å². The zero-order valence-corrected chi connectivity index (χ0v) is 16.4. The number of H-pyrrole nitrogens is 1. The third kappa shape index (κ3) is 4.14. The summed E-state index contributed by atoms with van der Waals surface area (Å²) < 4.78 is 5.20. The van der Waals surface area contributed by atoms with Gasteiger partial charge in [-0.3, -0.25) is 19.5 Å². The molecule has 0 bridgehead atoms. The second kappa shape index (κ2) is 8.45. The van der Waals surface area contributed by atoms with Crippen molar-refractivity contribution in [3.63, 3.8) is 0 Å². The largest absolute Gasteiger partial charge is 0.497 e. The van der Waals surface area contributed by atoms with Crippen molar-refractivity contribution in [1.82, 2.24) is 19.8 Å². The van der Waals surface area contributed by atoms with E-state index in [0.717, 1.165) is 31.7 Å². The lowest BCUT2D eigenvalue weighted by atomic mass is 10.1. The minimum atomic E-state index is -0.264.